The standard InChI is InChI=1S/C7H7ClF2N2O/c1-4-2-5(7(8)13)12(11-4)3-6(9)10/h2,6H,3H2,1H3. The van der Waals surface area contributed by atoms with Crippen LogP contribution in [-0.2, 0) is 6.54 Å². The minimum Gasteiger partial charge on any atom is -0.274 e. The van der Waals surface area contributed by atoms with Gasteiger partial charge in [0.15, 0.2) is 0 Å². The number of nitrogens with zero attached hydrogens (tertiary/aromatic N) is 2. The van der Waals surface area contributed by atoms with E-state index in [0.29, 0.717) is 5.69 Å². The molecule has 0 fully saturated rings. The molecular formula is C7H7ClF2N2O. The predicted molar refractivity (Wildman–Crippen MR) is 43.2 cm³/mol. The summed E-state index contributed by atoms with van der Waals surface area (Å²) in [7, 11) is 0. The molecule has 0 radical (unpaired) electrons. The summed E-state index contributed by atoms with van der Waals surface area (Å²) < 4.78 is 24.8. The van der Waals surface area contributed by atoms with Crippen molar-refractivity contribution in [2.45, 2.75) is 19.9 Å². The molecule has 0 amide bonds. The summed E-state index contributed by atoms with van der Waals surface area (Å²) in [6.07, 6.45) is -2.55. The molecule has 0 aliphatic rings. The first-order valence-corrected chi connectivity index (χ1v) is 3.91. The van der Waals surface area contributed by atoms with Gasteiger partial charge in [0.1, 0.15) is 12.2 Å². The van der Waals surface area contributed by atoms with Crippen molar-refractivity contribution in [2.24, 2.45) is 0 Å². The Morgan fingerprint density at radius 3 is 2.85 bits per heavy atom. The first-order valence-electron chi connectivity index (χ1n) is 3.53. The van der Waals surface area contributed by atoms with Crippen LogP contribution in [0.4, 0.5) is 8.78 Å². The van der Waals surface area contributed by atoms with Gasteiger partial charge < -0.3 is 0 Å². The smallest absolute Gasteiger partial charge is 0.270 e. The molecule has 1 heterocycles. The first kappa shape index (κ1) is 10.1. The van der Waals surface area contributed by atoms with Crippen LogP contribution < -0.4 is 0 Å². The Morgan fingerprint density at radius 2 is 2.38 bits per heavy atom. The van der Waals surface area contributed by atoms with Crippen molar-refractivity contribution in [3.05, 3.63) is 17.5 Å². The second-order valence-corrected chi connectivity index (χ2v) is 2.86. The van der Waals surface area contributed by atoms with Crippen molar-refractivity contribution in [3.63, 3.8) is 0 Å². The van der Waals surface area contributed by atoms with Crippen molar-refractivity contribution >= 4 is 16.8 Å². The lowest BCUT2D eigenvalue weighted by Gasteiger charge is -2.01. The van der Waals surface area contributed by atoms with Gasteiger partial charge in [-0.2, -0.15) is 5.10 Å². The average Bonchev–Trinajstić information content (AvgIpc) is 2.29. The van der Waals surface area contributed by atoms with Crippen molar-refractivity contribution in [1.82, 2.24) is 9.78 Å². The van der Waals surface area contributed by atoms with Crippen molar-refractivity contribution < 1.29 is 13.6 Å². The Kier molecular flexibility index (Phi) is 2.98. The van der Waals surface area contributed by atoms with Gasteiger partial charge in [-0.3, -0.25) is 9.48 Å². The van der Waals surface area contributed by atoms with Gasteiger partial charge in [-0.15, -0.1) is 0 Å². The SMILES string of the molecule is Cc1cc(C(=O)Cl)n(CC(F)F)n1. The van der Waals surface area contributed by atoms with Crippen LogP contribution in [-0.4, -0.2) is 21.4 Å². The largest absolute Gasteiger partial charge is 0.274 e. The van der Waals surface area contributed by atoms with Crippen LogP contribution in [0.3, 0.4) is 0 Å². The summed E-state index contributed by atoms with van der Waals surface area (Å²) in [6.45, 7) is 0.993. The fourth-order valence-electron chi connectivity index (χ4n) is 0.974. The van der Waals surface area contributed by atoms with Gasteiger partial charge in [-0.1, -0.05) is 0 Å². The molecular weight excluding hydrogens is 202 g/mol. The highest BCUT2D eigenvalue weighted by Crippen LogP contribution is 2.09. The zero-order valence-electron chi connectivity index (χ0n) is 6.80. The number of alkyl halides is 2. The topological polar surface area (TPSA) is 34.9 Å². The molecule has 0 saturated carbocycles. The van der Waals surface area contributed by atoms with Crippen LogP contribution in [0, 0.1) is 6.92 Å². The Morgan fingerprint density at radius 1 is 1.77 bits per heavy atom. The average molecular weight is 209 g/mol. The molecule has 0 unspecified atom stereocenters. The maximum absolute atomic E-state index is 12.0. The van der Waals surface area contributed by atoms with E-state index in [1.165, 1.54) is 6.07 Å². The Labute approximate surface area is 78.3 Å². The molecule has 72 valence electrons. The van der Waals surface area contributed by atoms with E-state index in [1.54, 1.807) is 6.92 Å². The normalized spacial score (nSPS) is 10.8. The summed E-state index contributed by atoms with van der Waals surface area (Å²) >= 11 is 5.16. The van der Waals surface area contributed by atoms with E-state index in [4.69, 9.17) is 11.6 Å². The molecule has 0 aromatic carbocycles. The van der Waals surface area contributed by atoms with Gasteiger partial charge in [-0.25, -0.2) is 8.78 Å². The van der Waals surface area contributed by atoms with Crippen molar-refractivity contribution in [2.75, 3.05) is 0 Å². The van der Waals surface area contributed by atoms with E-state index in [2.05, 4.69) is 5.10 Å². The van der Waals surface area contributed by atoms with Crippen molar-refractivity contribution in [1.29, 1.82) is 0 Å². The van der Waals surface area contributed by atoms with E-state index < -0.39 is 18.2 Å². The quantitative estimate of drug-likeness (QED) is 0.711. The van der Waals surface area contributed by atoms with Crippen LogP contribution in [0.5, 0.6) is 0 Å². The van der Waals surface area contributed by atoms with Crippen molar-refractivity contribution in [3.8, 4) is 0 Å². The fourth-order valence-corrected chi connectivity index (χ4v) is 1.13. The molecule has 13 heavy (non-hydrogen) atoms. The third kappa shape index (κ3) is 2.48. The first-order chi connectivity index (χ1) is 6.00. The number of aromatic nitrogens is 2. The second-order valence-electron chi connectivity index (χ2n) is 2.52. The number of hydrogen-bond donors (Lipinski definition) is 0. The second kappa shape index (κ2) is 3.83. The molecule has 1 aromatic rings. The monoisotopic (exact) mass is 208 g/mol. The summed E-state index contributed by atoms with van der Waals surface area (Å²) in [4.78, 5) is 10.7. The maximum atomic E-state index is 12.0. The lowest BCUT2D eigenvalue weighted by Crippen LogP contribution is -2.12. The summed E-state index contributed by atoms with van der Waals surface area (Å²) in [6, 6.07) is 1.37. The molecule has 0 bridgehead atoms. The lowest BCUT2D eigenvalue weighted by atomic mass is 10.4. The van der Waals surface area contributed by atoms with Gasteiger partial charge >= 0.3 is 0 Å². The third-order valence-electron chi connectivity index (χ3n) is 1.41. The molecule has 0 aliphatic heterocycles. The Balaban J connectivity index is 2.97. The Hall–Kier alpha value is -0.970. The highest BCUT2D eigenvalue weighted by atomic mass is 35.5. The van der Waals surface area contributed by atoms with Crippen LogP contribution in [0.15, 0.2) is 6.07 Å². The van der Waals surface area contributed by atoms with Crippen LogP contribution in [0.1, 0.15) is 16.2 Å². The number of carbonyl (C=O) groups is 1. The van der Waals surface area contributed by atoms with E-state index >= 15 is 0 Å². The number of aryl methyl sites for hydroxylation is 1. The molecule has 0 N–H and O–H groups in total. The molecule has 0 spiro atoms. The van der Waals surface area contributed by atoms with E-state index in [-0.39, 0.29) is 5.69 Å². The molecule has 0 atom stereocenters. The highest BCUT2D eigenvalue weighted by Gasteiger charge is 2.14. The van der Waals surface area contributed by atoms with Gasteiger partial charge in [0, 0.05) is 0 Å². The van der Waals surface area contributed by atoms with Crippen LogP contribution in [0.2, 0.25) is 0 Å². The van der Waals surface area contributed by atoms with Gasteiger partial charge in [0.05, 0.1) is 5.69 Å². The van der Waals surface area contributed by atoms with Crippen LogP contribution >= 0.6 is 11.6 Å². The zero-order chi connectivity index (χ0) is 10.0. The van der Waals surface area contributed by atoms with Gasteiger partial charge in [0.2, 0.25) is 0 Å². The number of rotatable bonds is 3. The van der Waals surface area contributed by atoms with E-state index in [1.807, 2.05) is 0 Å². The van der Waals surface area contributed by atoms with E-state index in [0.717, 1.165) is 4.68 Å². The maximum Gasteiger partial charge on any atom is 0.270 e. The van der Waals surface area contributed by atoms with Crippen LogP contribution in [0.25, 0.3) is 0 Å². The third-order valence-corrected chi connectivity index (χ3v) is 1.61. The lowest BCUT2D eigenvalue weighted by molar-refractivity contribution is 0.104. The molecule has 6 heteroatoms. The van der Waals surface area contributed by atoms with E-state index in [9.17, 15) is 13.6 Å². The van der Waals surface area contributed by atoms with Gasteiger partial charge in [0.25, 0.3) is 11.7 Å². The van der Waals surface area contributed by atoms with Gasteiger partial charge in [-0.05, 0) is 24.6 Å². The number of hydrogen-bond acceptors (Lipinski definition) is 2. The summed E-state index contributed by atoms with van der Waals surface area (Å²) in [5.74, 6) is 0. The molecule has 0 saturated heterocycles. The molecule has 1 rings (SSSR count). The minimum absolute atomic E-state index is 0.000494. The molecule has 1 aromatic heterocycles. The zero-order valence-corrected chi connectivity index (χ0v) is 7.55. The minimum atomic E-state index is -2.55. The summed E-state index contributed by atoms with van der Waals surface area (Å²) in [5, 5.41) is 2.93. The number of carbonyl (C=O) groups excluding carboxylic acids is 1. The molecule has 0 aliphatic carbocycles. The highest BCUT2D eigenvalue weighted by molar-refractivity contribution is 6.67. The molecule has 3 nitrogen and oxygen atoms in total. The predicted octanol–water partition coefficient (Wildman–Crippen LogP) is 1.84. The Bertz CT molecular complexity index is 324. The summed E-state index contributed by atoms with van der Waals surface area (Å²) in [5.41, 5.74) is 0.490. The number of halogens is 3. The fraction of sp³-hybridized carbons (Fsp3) is 0.429.